The molecular formula is C2H8N3O4-. The van der Waals surface area contributed by atoms with Gasteiger partial charge in [-0.3, -0.25) is 5.21 Å². The fourth-order valence-electron chi connectivity index (χ4n) is 0.123. The molecule has 7 nitrogen and oxygen atoms in total. The molecule has 0 aromatic carbocycles. The molecule has 0 heterocycles. The van der Waals surface area contributed by atoms with Crippen LogP contribution in [-0.4, -0.2) is 29.8 Å². The Balaban J connectivity index is 2.91. The van der Waals surface area contributed by atoms with Crippen molar-refractivity contribution < 1.29 is 15.1 Å². The summed E-state index contributed by atoms with van der Waals surface area (Å²) < 4.78 is 0. The quantitative estimate of drug-likeness (QED) is 0.483. The zero-order valence-electron chi connectivity index (χ0n) is 5.07. The van der Waals surface area contributed by atoms with E-state index in [1.165, 1.54) is 7.05 Å². The molecule has 0 aliphatic rings. The topological polar surface area (TPSA) is 80.3 Å². The van der Waals surface area contributed by atoms with Gasteiger partial charge in [0.1, 0.15) is 0 Å². The number of nitrogens with zero attached hydrogens (tertiary/aromatic N) is 2. The Morgan fingerprint density at radius 3 is 2.33 bits per heavy atom. The molecule has 0 spiro atoms. The lowest BCUT2D eigenvalue weighted by Gasteiger charge is -2.20. The van der Waals surface area contributed by atoms with Crippen LogP contribution in [0.2, 0.25) is 0 Å². The molecule has 7 heteroatoms. The highest BCUT2D eigenvalue weighted by Crippen LogP contribution is 1.75. The predicted octanol–water partition coefficient (Wildman–Crippen LogP) is -0.980. The second kappa shape index (κ2) is 4.58. The van der Waals surface area contributed by atoms with Gasteiger partial charge in [0.05, 0.1) is 0 Å². The maximum Gasteiger partial charge on any atom is 0.0422 e. The van der Waals surface area contributed by atoms with E-state index < -0.39 is 0 Å². The third-order valence-corrected chi connectivity index (χ3v) is 0.335. The van der Waals surface area contributed by atoms with Crippen molar-refractivity contribution >= 4 is 0 Å². The van der Waals surface area contributed by atoms with Crippen LogP contribution in [0.3, 0.4) is 0 Å². The minimum Gasteiger partial charge on any atom is -0.761 e. The molecule has 0 bridgehead atoms. The van der Waals surface area contributed by atoms with Gasteiger partial charge in [0, 0.05) is 14.1 Å². The van der Waals surface area contributed by atoms with E-state index in [0.717, 1.165) is 7.05 Å². The molecule has 2 N–H and O–H groups in total. The van der Waals surface area contributed by atoms with Crippen LogP contribution in [0, 0.1) is 5.21 Å². The zero-order valence-corrected chi connectivity index (χ0v) is 5.07. The van der Waals surface area contributed by atoms with Gasteiger partial charge >= 0.3 is 0 Å². The van der Waals surface area contributed by atoms with Gasteiger partial charge in [-0.1, -0.05) is 0 Å². The van der Waals surface area contributed by atoms with E-state index in [0.29, 0.717) is 5.23 Å². The second-order valence-corrected chi connectivity index (χ2v) is 1.17. The van der Waals surface area contributed by atoms with Crippen LogP contribution >= 0.6 is 0 Å². The van der Waals surface area contributed by atoms with Gasteiger partial charge in [0.2, 0.25) is 0 Å². The zero-order chi connectivity index (χ0) is 7.28. The minimum absolute atomic E-state index is 0.115. The largest absolute Gasteiger partial charge is 0.761 e. The molecule has 56 valence electrons. The van der Waals surface area contributed by atoms with E-state index >= 15 is 0 Å². The molecular weight excluding hydrogens is 130 g/mol. The fraction of sp³-hybridized carbons (Fsp3) is 1.00. The Bertz CT molecular complexity index is 58.8. The van der Waals surface area contributed by atoms with Crippen LogP contribution in [0.25, 0.3) is 0 Å². The second-order valence-electron chi connectivity index (χ2n) is 1.17. The molecule has 0 aromatic rings. The van der Waals surface area contributed by atoms with Crippen LogP contribution in [-0.2, 0) is 9.88 Å². The Morgan fingerprint density at radius 1 is 1.44 bits per heavy atom. The third-order valence-electron chi connectivity index (χ3n) is 0.335. The van der Waals surface area contributed by atoms with Crippen molar-refractivity contribution in [2.24, 2.45) is 0 Å². The average Bonchev–Trinajstić information content (AvgIpc) is 1.63. The minimum atomic E-state index is 0.115. The van der Waals surface area contributed by atoms with E-state index in [9.17, 15) is 5.21 Å². The third kappa shape index (κ3) is 7.72. The molecule has 0 saturated heterocycles. The Hall–Kier alpha value is -0.280. The van der Waals surface area contributed by atoms with Crippen LogP contribution in [0.15, 0.2) is 0 Å². The summed E-state index contributed by atoms with van der Waals surface area (Å²) in [5, 5.41) is 18.5. The number of hydrogen-bond donors (Lipinski definition) is 2. The first-order valence-electron chi connectivity index (χ1n) is 2.05. The van der Waals surface area contributed by atoms with Gasteiger partial charge in [-0.05, 0) is 10.9 Å². The molecule has 0 saturated carbocycles. The van der Waals surface area contributed by atoms with Gasteiger partial charge in [-0.15, -0.1) is 0 Å². The number of rotatable bonds is 4. The summed E-state index contributed by atoms with van der Waals surface area (Å²) in [6.07, 6.45) is 0. The molecule has 0 amide bonds. The molecule has 0 aromatic heterocycles. The Kier molecular flexibility index (Phi) is 4.44. The lowest BCUT2D eigenvalue weighted by Crippen LogP contribution is -2.30. The van der Waals surface area contributed by atoms with Gasteiger partial charge in [-0.2, -0.15) is 9.88 Å². The summed E-state index contributed by atoms with van der Waals surface area (Å²) in [5.41, 5.74) is 1.67. The Morgan fingerprint density at radius 2 is 2.00 bits per heavy atom. The van der Waals surface area contributed by atoms with Gasteiger partial charge in [0.15, 0.2) is 0 Å². The summed E-state index contributed by atoms with van der Waals surface area (Å²) in [5.74, 6) is 0. The van der Waals surface area contributed by atoms with E-state index in [2.05, 4.69) is 9.88 Å². The number of nitrogens with one attached hydrogen (secondary N) is 1. The smallest absolute Gasteiger partial charge is 0.0422 e. The summed E-state index contributed by atoms with van der Waals surface area (Å²) in [7, 11) is 2.30. The highest BCUT2D eigenvalue weighted by atomic mass is 17.1. The van der Waals surface area contributed by atoms with Gasteiger partial charge < -0.3 is 5.21 Å². The summed E-state index contributed by atoms with van der Waals surface area (Å²) in [6.45, 7) is 0. The van der Waals surface area contributed by atoms with Crippen molar-refractivity contribution in [1.82, 2.24) is 16.1 Å². The van der Waals surface area contributed by atoms with E-state index in [1.807, 2.05) is 0 Å². The highest BCUT2D eigenvalue weighted by molar-refractivity contribution is 4.18. The predicted molar refractivity (Wildman–Crippen MR) is 26.0 cm³/mol. The summed E-state index contributed by atoms with van der Waals surface area (Å²) in [4.78, 5) is 7.98. The van der Waals surface area contributed by atoms with Crippen molar-refractivity contribution in [3.63, 3.8) is 0 Å². The first-order chi connectivity index (χ1) is 4.13. The van der Waals surface area contributed by atoms with Crippen molar-refractivity contribution in [3.05, 3.63) is 5.21 Å². The molecule has 0 aliphatic heterocycles. The summed E-state index contributed by atoms with van der Waals surface area (Å²) >= 11 is 0. The molecule has 0 aliphatic carbocycles. The van der Waals surface area contributed by atoms with Crippen LogP contribution in [0.4, 0.5) is 0 Å². The molecule has 0 rings (SSSR count). The maximum atomic E-state index is 9.88. The average molecular weight is 138 g/mol. The lowest BCUT2D eigenvalue weighted by atomic mass is 11.5. The molecule has 0 atom stereocenters. The van der Waals surface area contributed by atoms with Crippen molar-refractivity contribution in [3.8, 4) is 0 Å². The fourth-order valence-corrected chi connectivity index (χ4v) is 0.123. The number of hydroxylamine groups is 4. The van der Waals surface area contributed by atoms with E-state index in [1.54, 1.807) is 5.64 Å². The van der Waals surface area contributed by atoms with Gasteiger partial charge in [0.25, 0.3) is 0 Å². The maximum absolute atomic E-state index is 9.88. The van der Waals surface area contributed by atoms with Crippen molar-refractivity contribution in [1.29, 1.82) is 0 Å². The lowest BCUT2D eigenvalue weighted by molar-refractivity contribution is -0.431. The molecule has 0 radical (unpaired) electrons. The first kappa shape index (κ1) is 8.72. The van der Waals surface area contributed by atoms with Crippen LogP contribution < -0.4 is 5.64 Å². The molecule has 0 fully saturated rings. The van der Waals surface area contributed by atoms with Crippen molar-refractivity contribution in [2.45, 2.75) is 0 Å². The standard InChI is InChI=1S/C2H8N3O4/c1-4(6)8-3-9-5(2)7/h3,6H,1-2H3/q-1. The SMILES string of the molecule is CN([O-])ONON(C)O. The van der Waals surface area contributed by atoms with Crippen LogP contribution in [0.5, 0.6) is 0 Å². The first-order valence-corrected chi connectivity index (χ1v) is 2.05. The Labute approximate surface area is 51.7 Å². The van der Waals surface area contributed by atoms with Crippen molar-refractivity contribution in [2.75, 3.05) is 14.1 Å². The highest BCUT2D eigenvalue weighted by Gasteiger charge is 1.87. The number of hydrogen-bond acceptors (Lipinski definition) is 7. The van der Waals surface area contributed by atoms with Gasteiger partial charge in [-0.25, -0.2) is 5.23 Å². The van der Waals surface area contributed by atoms with Crippen LogP contribution in [0.1, 0.15) is 0 Å². The van der Waals surface area contributed by atoms with E-state index in [-0.39, 0.29) is 5.23 Å². The normalized spacial score (nSPS) is 11.3. The molecule has 0 unspecified atom stereocenters. The monoisotopic (exact) mass is 138 g/mol. The molecule has 9 heavy (non-hydrogen) atoms. The summed E-state index contributed by atoms with van der Waals surface area (Å²) in [6, 6.07) is 0. The van der Waals surface area contributed by atoms with E-state index in [4.69, 9.17) is 5.21 Å².